The Morgan fingerprint density at radius 3 is 2.45 bits per heavy atom. The number of nitrogens with zero attached hydrogens (tertiary/aromatic N) is 3. The van der Waals surface area contributed by atoms with Gasteiger partial charge >= 0.3 is 6.16 Å². The maximum absolute atomic E-state index is 15.1. The number of benzene rings is 1. The molecule has 4 rings (SSSR count). The fourth-order valence-corrected chi connectivity index (χ4v) is 4.47. The molecule has 1 aliphatic carbocycles. The van der Waals surface area contributed by atoms with Crippen LogP contribution in [0.1, 0.15) is 39.2 Å². The Hall–Kier alpha value is -2.94. The van der Waals surface area contributed by atoms with E-state index in [1.807, 2.05) is 16.4 Å². The minimum Gasteiger partial charge on any atom is -0.449 e. The minimum absolute atomic E-state index is 0.105. The van der Waals surface area contributed by atoms with Gasteiger partial charge in [-0.15, -0.1) is 0 Å². The molecule has 9 heteroatoms. The number of hydrogen-bond acceptors (Lipinski definition) is 6. The molecular weight excluding hydrogens is 405 g/mol. The molecule has 0 bridgehead atoms. The second-order valence-corrected chi connectivity index (χ2v) is 8.21. The lowest BCUT2D eigenvalue weighted by atomic mass is 10.1. The number of ketones is 1. The second-order valence-electron chi connectivity index (χ2n) is 8.21. The zero-order valence-corrected chi connectivity index (χ0v) is 17.6. The first-order valence-corrected chi connectivity index (χ1v) is 10.6. The molecule has 1 aromatic heterocycles. The zero-order chi connectivity index (χ0) is 22.3. The lowest BCUT2D eigenvalue weighted by Crippen LogP contribution is -2.52. The summed E-state index contributed by atoms with van der Waals surface area (Å²) >= 11 is 0. The van der Waals surface area contributed by atoms with Gasteiger partial charge in [0.25, 0.3) is 0 Å². The predicted octanol–water partition coefficient (Wildman–Crippen LogP) is 3.02. The van der Waals surface area contributed by atoms with E-state index in [1.165, 1.54) is 12.3 Å². The van der Waals surface area contributed by atoms with Crippen molar-refractivity contribution in [2.75, 3.05) is 31.1 Å². The van der Waals surface area contributed by atoms with Crippen molar-refractivity contribution in [1.29, 1.82) is 0 Å². The minimum atomic E-state index is -1.58. The van der Waals surface area contributed by atoms with Gasteiger partial charge in [0.2, 0.25) is 5.43 Å². The van der Waals surface area contributed by atoms with Gasteiger partial charge in [0.05, 0.1) is 28.8 Å². The van der Waals surface area contributed by atoms with Crippen molar-refractivity contribution in [2.45, 2.75) is 45.2 Å². The van der Waals surface area contributed by atoms with E-state index >= 15 is 4.39 Å². The van der Waals surface area contributed by atoms with Gasteiger partial charge in [-0.25, -0.2) is 9.18 Å². The number of piperazine rings is 1. The highest BCUT2D eigenvalue weighted by Crippen LogP contribution is 2.39. The lowest BCUT2D eigenvalue weighted by molar-refractivity contribution is -0.122. The zero-order valence-electron chi connectivity index (χ0n) is 17.6. The van der Waals surface area contributed by atoms with Gasteiger partial charge in [-0.3, -0.25) is 14.5 Å². The third kappa shape index (κ3) is 4.14. The van der Waals surface area contributed by atoms with Crippen LogP contribution in [-0.2, 0) is 4.79 Å². The first-order valence-electron chi connectivity index (χ1n) is 10.6. The van der Waals surface area contributed by atoms with Crippen molar-refractivity contribution < 1.29 is 23.8 Å². The van der Waals surface area contributed by atoms with Crippen LogP contribution in [0.25, 0.3) is 10.9 Å². The summed E-state index contributed by atoms with van der Waals surface area (Å²) in [5, 5.41) is 9.02. The SMILES string of the molecule is CCC(C(C)=O)N1CCN(c2cc3c(cc2F)c(=O)c(OC(=O)O)cn3C2CC2)CC1. The van der Waals surface area contributed by atoms with E-state index in [-0.39, 0.29) is 29.0 Å². The van der Waals surface area contributed by atoms with E-state index in [0.717, 1.165) is 19.3 Å². The lowest BCUT2D eigenvalue weighted by Gasteiger charge is -2.39. The van der Waals surface area contributed by atoms with E-state index in [1.54, 1.807) is 13.0 Å². The Balaban J connectivity index is 1.68. The molecule has 1 saturated carbocycles. The molecule has 0 spiro atoms. The molecule has 1 aliphatic heterocycles. The number of ether oxygens (including phenoxy) is 1. The monoisotopic (exact) mass is 431 g/mol. The molecule has 166 valence electrons. The van der Waals surface area contributed by atoms with Crippen LogP contribution in [-0.4, -0.2) is 58.7 Å². The summed E-state index contributed by atoms with van der Waals surface area (Å²) in [5.74, 6) is -0.713. The van der Waals surface area contributed by atoms with Gasteiger partial charge in [-0.2, -0.15) is 0 Å². The number of anilines is 1. The molecule has 2 aliphatic rings. The molecule has 2 fully saturated rings. The highest BCUT2D eigenvalue weighted by Gasteiger charge is 2.29. The summed E-state index contributed by atoms with van der Waals surface area (Å²) in [6, 6.07) is 2.87. The molecule has 0 radical (unpaired) electrons. The van der Waals surface area contributed by atoms with Crippen LogP contribution in [0.15, 0.2) is 23.1 Å². The second kappa shape index (κ2) is 8.30. The number of fused-ring (bicyclic) bond motifs is 1. The van der Waals surface area contributed by atoms with E-state index < -0.39 is 17.4 Å². The smallest absolute Gasteiger partial charge is 0.449 e. The number of rotatable bonds is 6. The standard InChI is InChI=1S/C22H26FN3O5/c1-3-17(13(2)27)24-6-8-25(9-7-24)19-11-18-15(10-16(19)23)21(28)20(31-22(29)30)12-26(18)14-4-5-14/h10-12,14,17H,3-9H2,1-2H3,(H,29,30). The fraction of sp³-hybridized carbons (Fsp3) is 0.500. The number of carbonyl (C=O) groups excluding carboxylic acids is 1. The molecule has 1 saturated heterocycles. The van der Waals surface area contributed by atoms with Crippen molar-refractivity contribution in [1.82, 2.24) is 9.47 Å². The molecule has 2 heterocycles. The van der Waals surface area contributed by atoms with Gasteiger partial charge in [-0.05, 0) is 38.3 Å². The largest absolute Gasteiger partial charge is 0.511 e. The molecule has 2 aromatic rings. The number of Topliss-reactive ketones (excluding diaryl/α,β-unsaturated/α-hetero) is 1. The molecule has 1 N–H and O–H groups in total. The molecule has 8 nitrogen and oxygen atoms in total. The maximum Gasteiger partial charge on any atom is 0.511 e. The van der Waals surface area contributed by atoms with Crippen LogP contribution in [0.2, 0.25) is 0 Å². The number of hydrogen-bond donors (Lipinski definition) is 1. The van der Waals surface area contributed by atoms with Crippen LogP contribution in [0.5, 0.6) is 5.75 Å². The Labute approximate surface area is 178 Å². The molecule has 1 aromatic carbocycles. The van der Waals surface area contributed by atoms with Crippen LogP contribution < -0.4 is 15.1 Å². The predicted molar refractivity (Wildman–Crippen MR) is 114 cm³/mol. The third-order valence-corrected chi connectivity index (χ3v) is 6.16. The van der Waals surface area contributed by atoms with Gasteiger partial charge in [0, 0.05) is 32.2 Å². The summed E-state index contributed by atoms with van der Waals surface area (Å²) in [6.45, 7) is 6.02. The normalized spacial score (nSPS) is 18.2. The van der Waals surface area contributed by atoms with Crippen LogP contribution in [0.4, 0.5) is 14.9 Å². The summed E-state index contributed by atoms with van der Waals surface area (Å²) in [6.07, 6.45) is 2.38. The molecule has 31 heavy (non-hydrogen) atoms. The van der Waals surface area contributed by atoms with Gasteiger partial charge in [-0.1, -0.05) is 6.92 Å². The Bertz CT molecular complexity index is 1090. The Morgan fingerprint density at radius 1 is 1.23 bits per heavy atom. The molecule has 1 atom stereocenters. The van der Waals surface area contributed by atoms with Gasteiger partial charge in [0.15, 0.2) is 5.75 Å². The van der Waals surface area contributed by atoms with Crippen LogP contribution in [0, 0.1) is 5.82 Å². The average molecular weight is 431 g/mol. The topological polar surface area (TPSA) is 92.1 Å². The number of aromatic nitrogens is 1. The number of pyridine rings is 1. The van der Waals surface area contributed by atoms with Crippen molar-refractivity contribution in [3.63, 3.8) is 0 Å². The van der Waals surface area contributed by atoms with E-state index in [9.17, 15) is 14.4 Å². The summed E-state index contributed by atoms with van der Waals surface area (Å²) in [5.41, 5.74) is 0.333. The molecule has 1 unspecified atom stereocenters. The quantitative estimate of drug-likeness (QED) is 0.703. The van der Waals surface area contributed by atoms with Crippen molar-refractivity contribution in [3.05, 3.63) is 34.4 Å². The highest BCUT2D eigenvalue weighted by atomic mass is 19.1. The Morgan fingerprint density at radius 2 is 1.90 bits per heavy atom. The van der Waals surface area contributed by atoms with Gasteiger partial charge < -0.3 is 19.3 Å². The number of halogens is 1. The molecule has 0 amide bonds. The van der Waals surface area contributed by atoms with E-state index in [0.29, 0.717) is 37.4 Å². The summed E-state index contributed by atoms with van der Waals surface area (Å²) in [4.78, 5) is 39.6. The van der Waals surface area contributed by atoms with Crippen LogP contribution >= 0.6 is 0 Å². The first-order chi connectivity index (χ1) is 14.8. The van der Waals surface area contributed by atoms with Crippen molar-refractivity contribution in [3.8, 4) is 5.75 Å². The highest BCUT2D eigenvalue weighted by molar-refractivity contribution is 5.85. The van der Waals surface area contributed by atoms with Crippen molar-refractivity contribution >= 4 is 28.5 Å². The summed E-state index contributed by atoms with van der Waals surface area (Å²) in [7, 11) is 0. The number of carbonyl (C=O) groups is 2. The van der Waals surface area contributed by atoms with E-state index in [2.05, 4.69) is 9.64 Å². The summed E-state index contributed by atoms with van der Waals surface area (Å²) < 4.78 is 21.5. The fourth-order valence-electron chi connectivity index (χ4n) is 4.47. The van der Waals surface area contributed by atoms with Gasteiger partial charge in [0.1, 0.15) is 11.6 Å². The number of carboxylic acid groups (broad SMARTS) is 1. The van der Waals surface area contributed by atoms with Crippen LogP contribution in [0.3, 0.4) is 0 Å². The molecular formula is C22H26FN3O5. The van der Waals surface area contributed by atoms with E-state index in [4.69, 9.17) is 5.11 Å². The van der Waals surface area contributed by atoms with Crippen molar-refractivity contribution in [2.24, 2.45) is 0 Å². The maximum atomic E-state index is 15.1. The Kier molecular flexibility index (Phi) is 5.70. The first kappa shape index (κ1) is 21.3. The third-order valence-electron chi connectivity index (χ3n) is 6.16. The average Bonchev–Trinajstić information content (AvgIpc) is 3.56.